The molecular weight excluding hydrogens is 338 g/mol. The van der Waals surface area contributed by atoms with E-state index in [9.17, 15) is 4.79 Å². The van der Waals surface area contributed by atoms with Gasteiger partial charge in [0.1, 0.15) is 5.69 Å². The van der Waals surface area contributed by atoms with Crippen LogP contribution in [-0.4, -0.2) is 48.6 Å². The molecule has 27 heavy (non-hydrogen) atoms. The summed E-state index contributed by atoms with van der Waals surface area (Å²) in [5, 5.41) is 5.52. The summed E-state index contributed by atoms with van der Waals surface area (Å²) in [5.74, 6) is -0.375. The van der Waals surface area contributed by atoms with Crippen molar-refractivity contribution < 1.29 is 9.53 Å². The molecule has 0 bridgehead atoms. The summed E-state index contributed by atoms with van der Waals surface area (Å²) in [7, 11) is 0. The van der Waals surface area contributed by atoms with Crippen molar-refractivity contribution in [3.63, 3.8) is 0 Å². The molecule has 148 valence electrons. The van der Waals surface area contributed by atoms with Crippen LogP contribution in [-0.2, 0) is 4.74 Å². The molecule has 1 N–H and O–H groups in total. The van der Waals surface area contributed by atoms with Crippen LogP contribution in [0.1, 0.15) is 56.9 Å². The zero-order chi connectivity index (χ0) is 19.5. The van der Waals surface area contributed by atoms with Crippen molar-refractivity contribution >= 4 is 22.4 Å². The average molecular weight is 372 g/mol. The standard InChI is InChI=1S/C22H33N3O2/c1-4-7-12-25(13-8-5-2)14-11-23-20-10-9-18-17-24-21(16-19(18)15-20)22(26)27-6-3/h9-10,15-17,23H,4-8,11-14H2,1-3H3. The van der Waals surface area contributed by atoms with Gasteiger partial charge in [-0.25, -0.2) is 9.78 Å². The largest absolute Gasteiger partial charge is 0.461 e. The number of benzene rings is 1. The monoisotopic (exact) mass is 371 g/mol. The quantitative estimate of drug-likeness (QED) is 0.547. The Bertz CT molecular complexity index is 710. The summed E-state index contributed by atoms with van der Waals surface area (Å²) in [5.41, 5.74) is 1.42. The smallest absolute Gasteiger partial charge is 0.356 e. The maximum absolute atomic E-state index is 11.9. The van der Waals surface area contributed by atoms with Gasteiger partial charge in [-0.05, 0) is 56.4 Å². The first kappa shape index (κ1) is 21.2. The fraction of sp³-hybridized carbons (Fsp3) is 0.545. The van der Waals surface area contributed by atoms with Crippen LogP contribution in [0.5, 0.6) is 0 Å². The number of carbonyl (C=O) groups excluding carboxylic acids is 1. The summed E-state index contributed by atoms with van der Waals surface area (Å²) in [4.78, 5) is 18.6. The van der Waals surface area contributed by atoms with Gasteiger partial charge in [-0.15, -0.1) is 0 Å². The molecule has 1 aromatic carbocycles. The van der Waals surface area contributed by atoms with Gasteiger partial charge in [-0.1, -0.05) is 32.8 Å². The molecule has 1 heterocycles. The van der Waals surface area contributed by atoms with Gasteiger partial charge in [-0.2, -0.15) is 0 Å². The minimum Gasteiger partial charge on any atom is -0.461 e. The number of ether oxygens (including phenoxy) is 1. The number of aromatic nitrogens is 1. The van der Waals surface area contributed by atoms with Crippen LogP contribution >= 0.6 is 0 Å². The van der Waals surface area contributed by atoms with E-state index in [2.05, 4.69) is 41.2 Å². The Kier molecular flexibility index (Phi) is 9.05. The van der Waals surface area contributed by atoms with Gasteiger partial charge < -0.3 is 15.0 Å². The third kappa shape index (κ3) is 6.83. The van der Waals surface area contributed by atoms with E-state index in [1.54, 1.807) is 19.2 Å². The zero-order valence-corrected chi connectivity index (χ0v) is 17.0. The molecule has 5 heteroatoms. The summed E-state index contributed by atoms with van der Waals surface area (Å²) in [6.45, 7) is 10.9. The third-order valence-corrected chi connectivity index (χ3v) is 4.62. The average Bonchev–Trinajstić information content (AvgIpc) is 2.69. The number of hydrogen-bond acceptors (Lipinski definition) is 5. The first-order chi connectivity index (χ1) is 13.2. The van der Waals surface area contributed by atoms with E-state index in [1.807, 2.05) is 6.07 Å². The van der Waals surface area contributed by atoms with Crippen molar-refractivity contribution in [1.29, 1.82) is 0 Å². The molecule has 0 aliphatic rings. The number of anilines is 1. The second-order valence-electron chi connectivity index (χ2n) is 6.83. The number of rotatable bonds is 12. The number of pyridine rings is 1. The van der Waals surface area contributed by atoms with Gasteiger partial charge in [0.2, 0.25) is 0 Å². The van der Waals surface area contributed by atoms with Crippen molar-refractivity contribution in [3.05, 3.63) is 36.2 Å². The topological polar surface area (TPSA) is 54.5 Å². The Balaban J connectivity index is 1.97. The zero-order valence-electron chi connectivity index (χ0n) is 17.0. The lowest BCUT2D eigenvalue weighted by molar-refractivity contribution is 0.0519. The van der Waals surface area contributed by atoms with Crippen molar-refractivity contribution in [2.45, 2.75) is 46.5 Å². The molecule has 1 aromatic heterocycles. The van der Waals surface area contributed by atoms with E-state index < -0.39 is 0 Å². The predicted octanol–water partition coefficient (Wildman–Crippen LogP) is 4.73. The summed E-state index contributed by atoms with van der Waals surface area (Å²) < 4.78 is 5.04. The Morgan fingerprint density at radius 1 is 1.04 bits per heavy atom. The molecule has 0 radical (unpaired) electrons. The molecule has 0 atom stereocenters. The highest BCUT2D eigenvalue weighted by atomic mass is 16.5. The Labute approximate surface area is 163 Å². The fourth-order valence-corrected chi connectivity index (χ4v) is 3.02. The number of hydrogen-bond donors (Lipinski definition) is 1. The second-order valence-corrected chi connectivity index (χ2v) is 6.83. The molecule has 2 aromatic rings. The second kappa shape index (κ2) is 11.5. The minimum atomic E-state index is -0.375. The highest BCUT2D eigenvalue weighted by Gasteiger charge is 2.09. The molecule has 0 saturated carbocycles. The Hall–Kier alpha value is -2.14. The van der Waals surface area contributed by atoms with Gasteiger partial charge in [0.25, 0.3) is 0 Å². The Morgan fingerprint density at radius 2 is 1.78 bits per heavy atom. The number of nitrogens with one attached hydrogen (secondary N) is 1. The molecule has 0 saturated heterocycles. The molecule has 5 nitrogen and oxygen atoms in total. The van der Waals surface area contributed by atoms with Gasteiger partial charge >= 0.3 is 5.97 Å². The van der Waals surface area contributed by atoms with E-state index in [0.717, 1.165) is 29.5 Å². The fourth-order valence-electron chi connectivity index (χ4n) is 3.02. The molecule has 0 unspecified atom stereocenters. The van der Waals surface area contributed by atoms with Gasteiger partial charge in [0.15, 0.2) is 0 Å². The number of carbonyl (C=O) groups is 1. The predicted molar refractivity (Wildman–Crippen MR) is 112 cm³/mol. The molecule has 0 aliphatic carbocycles. The van der Waals surface area contributed by atoms with Crippen LogP contribution in [0.2, 0.25) is 0 Å². The lowest BCUT2D eigenvalue weighted by atomic mass is 10.1. The van der Waals surface area contributed by atoms with E-state index in [4.69, 9.17) is 4.74 Å². The first-order valence-electron chi connectivity index (χ1n) is 10.2. The van der Waals surface area contributed by atoms with Gasteiger partial charge in [0, 0.05) is 30.4 Å². The SMILES string of the molecule is CCCCN(CCCC)CCNc1ccc2cnc(C(=O)OCC)cc2c1. The number of esters is 1. The molecule has 0 amide bonds. The molecule has 2 rings (SSSR count). The normalized spacial score (nSPS) is 11.1. The Morgan fingerprint density at radius 3 is 2.44 bits per heavy atom. The molecule has 0 spiro atoms. The van der Waals surface area contributed by atoms with Crippen molar-refractivity contribution in [1.82, 2.24) is 9.88 Å². The third-order valence-electron chi connectivity index (χ3n) is 4.62. The lowest BCUT2D eigenvalue weighted by Crippen LogP contribution is -2.31. The maximum Gasteiger partial charge on any atom is 0.356 e. The van der Waals surface area contributed by atoms with Crippen molar-refractivity contribution in [2.24, 2.45) is 0 Å². The number of fused-ring (bicyclic) bond motifs is 1. The van der Waals surface area contributed by atoms with Crippen LogP contribution in [0.3, 0.4) is 0 Å². The first-order valence-corrected chi connectivity index (χ1v) is 10.2. The van der Waals surface area contributed by atoms with Crippen LogP contribution in [0.25, 0.3) is 10.8 Å². The van der Waals surface area contributed by atoms with E-state index in [0.29, 0.717) is 12.3 Å². The number of unbranched alkanes of at least 4 members (excludes halogenated alkanes) is 2. The molecular formula is C22H33N3O2. The van der Waals surface area contributed by atoms with Crippen molar-refractivity contribution in [2.75, 3.05) is 38.1 Å². The van der Waals surface area contributed by atoms with Crippen LogP contribution in [0.15, 0.2) is 30.5 Å². The van der Waals surface area contributed by atoms with Crippen LogP contribution < -0.4 is 5.32 Å². The summed E-state index contributed by atoms with van der Waals surface area (Å²) in [6, 6.07) is 7.97. The number of nitrogens with zero attached hydrogens (tertiary/aromatic N) is 2. The van der Waals surface area contributed by atoms with Crippen molar-refractivity contribution in [3.8, 4) is 0 Å². The summed E-state index contributed by atoms with van der Waals surface area (Å²) in [6.07, 6.45) is 6.70. The maximum atomic E-state index is 11.9. The van der Waals surface area contributed by atoms with Gasteiger partial charge in [0.05, 0.1) is 6.61 Å². The van der Waals surface area contributed by atoms with E-state index in [1.165, 1.54) is 38.8 Å². The highest BCUT2D eigenvalue weighted by Crippen LogP contribution is 2.19. The lowest BCUT2D eigenvalue weighted by Gasteiger charge is -2.22. The van der Waals surface area contributed by atoms with Crippen LogP contribution in [0.4, 0.5) is 5.69 Å². The van der Waals surface area contributed by atoms with Gasteiger partial charge in [-0.3, -0.25) is 0 Å². The minimum absolute atomic E-state index is 0.354. The van der Waals surface area contributed by atoms with Crippen LogP contribution in [0, 0.1) is 0 Å². The molecule has 0 fully saturated rings. The van der Waals surface area contributed by atoms with E-state index in [-0.39, 0.29) is 5.97 Å². The molecule has 0 aliphatic heterocycles. The van der Waals surface area contributed by atoms with E-state index >= 15 is 0 Å². The summed E-state index contributed by atoms with van der Waals surface area (Å²) >= 11 is 0. The highest BCUT2D eigenvalue weighted by molar-refractivity contribution is 5.94.